The molecule has 3 aromatic rings. The number of nitro groups is 1. The number of hydrogen-bond donors (Lipinski definition) is 0. The molecular weight excluding hydrogens is 533 g/mol. The van der Waals surface area contributed by atoms with Crippen molar-refractivity contribution in [1.29, 1.82) is 0 Å². The second kappa shape index (κ2) is 9.69. The molecule has 4 rings (SSSR count). The number of nitro benzene ring substituents is 1. The Labute approximate surface area is 218 Å². The summed E-state index contributed by atoms with van der Waals surface area (Å²) in [6, 6.07) is 11.8. The van der Waals surface area contributed by atoms with Crippen LogP contribution in [0.5, 0.6) is 0 Å². The number of imide groups is 1. The highest BCUT2D eigenvalue weighted by Gasteiger charge is 2.48. The van der Waals surface area contributed by atoms with Crippen molar-refractivity contribution < 1.29 is 24.1 Å². The summed E-state index contributed by atoms with van der Waals surface area (Å²) in [7, 11) is 0. The smallest absolute Gasteiger partial charge is 0.287 e. The molecule has 1 heterocycles. The van der Waals surface area contributed by atoms with E-state index in [-0.39, 0.29) is 26.7 Å². The van der Waals surface area contributed by atoms with E-state index >= 15 is 0 Å². The summed E-state index contributed by atoms with van der Waals surface area (Å²) in [6.45, 7) is 1.32. The fourth-order valence-electron chi connectivity index (χ4n) is 3.80. The van der Waals surface area contributed by atoms with Crippen molar-refractivity contribution in [2.45, 2.75) is 13.0 Å². The molecule has 1 aliphatic rings. The molecule has 0 saturated carbocycles. The largest absolute Gasteiger partial charge is 0.292 e. The zero-order valence-corrected chi connectivity index (χ0v) is 20.5. The van der Waals surface area contributed by atoms with Gasteiger partial charge in [0, 0.05) is 21.7 Å². The zero-order chi connectivity index (χ0) is 26.3. The summed E-state index contributed by atoms with van der Waals surface area (Å²) >= 11 is 18.0. The van der Waals surface area contributed by atoms with Gasteiger partial charge < -0.3 is 0 Å². The predicted octanol–water partition coefficient (Wildman–Crippen LogP) is 5.48. The van der Waals surface area contributed by atoms with Crippen LogP contribution in [0.4, 0.5) is 5.69 Å². The van der Waals surface area contributed by atoms with E-state index in [0.29, 0.717) is 15.0 Å². The van der Waals surface area contributed by atoms with Crippen LogP contribution in [0.1, 0.15) is 48.4 Å². The molecule has 0 aromatic heterocycles. The SMILES string of the molecule is C[C@@H](C(=O)c1ccc(Cl)cc1)N(C(=O)c1ccc(Cl)cc1Cl)N1C(=O)c2cccc([N+](=O)[O-])c2C1=O. The van der Waals surface area contributed by atoms with Gasteiger partial charge in [0.15, 0.2) is 5.78 Å². The van der Waals surface area contributed by atoms with Gasteiger partial charge in [-0.05, 0) is 55.5 Å². The number of fused-ring (bicyclic) bond motifs is 1. The predicted molar refractivity (Wildman–Crippen MR) is 131 cm³/mol. The Kier molecular flexibility index (Phi) is 6.81. The van der Waals surface area contributed by atoms with Gasteiger partial charge in [-0.3, -0.25) is 29.3 Å². The summed E-state index contributed by atoms with van der Waals surface area (Å²) in [5, 5.41) is 13.1. The zero-order valence-electron chi connectivity index (χ0n) is 18.3. The van der Waals surface area contributed by atoms with Crippen molar-refractivity contribution in [3.05, 3.63) is 108 Å². The van der Waals surface area contributed by atoms with Crippen molar-refractivity contribution >= 4 is 64.0 Å². The maximum Gasteiger partial charge on any atom is 0.287 e. The van der Waals surface area contributed by atoms with Crippen LogP contribution >= 0.6 is 34.8 Å². The van der Waals surface area contributed by atoms with Crippen molar-refractivity contribution in [3.63, 3.8) is 0 Å². The third-order valence-electron chi connectivity index (χ3n) is 5.53. The molecular formula is C24H14Cl3N3O6. The number of Topliss-reactive ketones (excluding diaryl/α,β-unsaturated/α-hetero) is 1. The molecule has 0 spiro atoms. The highest BCUT2D eigenvalue weighted by Crippen LogP contribution is 2.34. The molecule has 9 nitrogen and oxygen atoms in total. The van der Waals surface area contributed by atoms with Crippen molar-refractivity contribution in [1.82, 2.24) is 10.0 Å². The summed E-state index contributed by atoms with van der Waals surface area (Å²) in [5.41, 5.74) is -1.38. The molecule has 36 heavy (non-hydrogen) atoms. The van der Waals surface area contributed by atoms with Crippen LogP contribution in [-0.4, -0.2) is 44.5 Å². The van der Waals surface area contributed by atoms with Crippen LogP contribution in [0.15, 0.2) is 60.7 Å². The highest BCUT2D eigenvalue weighted by atomic mass is 35.5. The lowest BCUT2D eigenvalue weighted by atomic mass is 10.0. The molecule has 0 radical (unpaired) electrons. The lowest BCUT2D eigenvalue weighted by molar-refractivity contribution is -0.385. The van der Waals surface area contributed by atoms with Crippen LogP contribution in [0.2, 0.25) is 15.1 Å². The number of carbonyl (C=O) groups excluding carboxylic acids is 4. The molecule has 0 bridgehead atoms. The average molecular weight is 547 g/mol. The Morgan fingerprint density at radius 1 is 0.944 bits per heavy atom. The Morgan fingerprint density at radius 3 is 2.19 bits per heavy atom. The fraction of sp³-hybridized carbons (Fsp3) is 0.0833. The number of hydrazine groups is 1. The summed E-state index contributed by atoms with van der Waals surface area (Å²) in [5.74, 6) is -3.73. The van der Waals surface area contributed by atoms with Gasteiger partial charge in [0.1, 0.15) is 11.6 Å². The Bertz CT molecular complexity index is 1460. The molecule has 3 amide bonds. The number of halogens is 3. The minimum absolute atomic E-state index is 0.0915. The van der Waals surface area contributed by atoms with Gasteiger partial charge in [-0.15, -0.1) is 0 Å². The molecule has 3 aromatic carbocycles. The second-order valence-electron chi connectivity index (χ2n) is 7.70. The summed E-state index contributed by atoms with van der Waals surface area (Å²) in [4.78, 5) is 64.5. The number of carbonyl (C=O) groups is 4. The van der Waals surface area contributed by atoms with Gasteiger partial charge in [-0.25, -0.2) is 5.01 Å². The first-order valence-electron chi connectivity index (χ1n) is 10.3. The van der Waals surface area contributed by atoms with Crippen molar-refractivity contribution in [3.8, 4) is 0 Å². The van der Waals surface area contributed by atoms with E-state index in [1.54, 1.807) is 0 Å². The topological polar surface area (TPSA) is 118 Å². The lowest BCUT2D eigenvalue weighted by Crippen LogP contribution is -2.56. The number of amides is 3. The van der Waals surface area contributed by atoms with Gasteiger partial charge in [-0.1, -0.05) is 40.9 Å². The minimum atomic E-state index is -1.41. The Morgan fingerprint density at radius 2 is 1.58 bits per heavy atom. The molecule has 0 fully saturated rings. The van der Waals surface area contributed by atoms with Gasteiger partial charge in [-0.2, -0.15) is 5.01 Å². The van der Waals surface area contributed by atoms with Crippen LogP contribution in [0, 0.1) is 10.1 Å². The third kappa shape index (κ3) is 4.32. The van der Waals surface area contributed by atoms with E-state index in [2.05, 4.69) is 0 Å². The van der Waals surface area contributed by atoms with Gasteiger partial charge in [0.25, 0.3) is 23.4 Å². The third-order valence-corrected chi connectivity index (χ3v) is 6.33. The maximum atomic E-state index is 13.7. The molecule has 182 valence electrons. The van der Waals surface area contributed by atoms with Crippen LogP contribution in [0.3, 0.4) is 0 Å². The fourth-order valence-corrected chi connectivity index (χ4v) is 4.41. The summed E-state index contributed by atoms with van der Waals surface area (Å²) < 4.78 is 0. The van der Waals surface area contributed by atoms with E-state index in [1.807, 2.05) is 0 Å². The van der Waals surface area contributed by atoms with Crippen LogP contribution in [-0.2, 0) is 0 Å². The first-order chi connectivity index (χ1) is 17.0. The van der Waals surface area contributed by atoms with Gasteiger partial charge in [0.05, 0.1) is 21.1 Å². The quantitative estimate of drug-likeness (QED) is 0.175. The molecule has 12 heteroatoms. The van der Waals surface area contributed by atoms with Gasteiger partial charge in [0.2, 0.25) is 0 Å². The maximum absolute atomic E-state index is 13.7. The number of ketones is 1. The molecule has 1 aliphatic heterocycles. The monoisotopic (exact) mass is 545 g/mol. The molecule has 0 unspecified atom stereocenters. The first-order valence-corrected chi connectivity index (χ1v) is 11.4. The molecule has 0 N–H and O–H groups in total. The second-order valence-corrected chi connectivity index (χ2v) is 8.98. The van der Waals surface area contributed by atoms with E-state index in [4.69, 9.17) is 34.8 Å². The standard InChI is InChI=1S/C24H14Cl3N3O6/c1-12(21(31)13-5-7-14(25)8-6-13)28(22(32)16-10-9-15(26)11-18(16)27)29-23(33)17-3-2-4-19(30(35)36)20(17)24(29)34/h2-12H,1H3/t12-/m0/s1. The van der Waals surface area contributed by atoms with E-state index in [9.17, 15) is 29.3 Å². The minimum Gasteiger partial charge on any atom is -0.292 e. The van der Waals surface area contributed by atoms with Crippen LogP contribution in [0.25, 0.3) is 0 Å². The first kappa shape index (κ1) is 25.3. The van der Waals surface area contributed by atoms with E-state index in [1.165, 1.54) is 61.5 Å². The Balaban J connectivity index is 1.86. The number of nitrogens with zero attached hydrogens (tertiary/aromatic N) is 3. The van der Waals surface area contributed by atoms with Gasteiger partial charge >= 0.3 is 0 Å². The number of hydrogen-bond acceptors (Lipinski definition) is 6. The average Bonchev–Trinajstić information content (AvgIpc) is 3.09. The summed E-state index contributed by atoms with van der Waals surface area (Å²) in [6.07, 6.45) is 0. The molecule has 0 saturated heterocycles. The number of rotatable bonds is 6. The van der Waals surface area contributed by atoms with E-state index < -0.39 is 45.7 Å². The van der Waals surface area contributed by atoms with Crippen molar-refractivity contribution in [2.75, 3.05) is 0 Å². The molecule has 1 atom stereocenters. The van der Waals surface area contributed by atoms with Crippen LogP contribution < -0.4 is 0 Å². The Hall–Kier alpha value is -3.79. The normalized spacial score (nSPS) is 13.4. The highest BCUT2D eigenvalue weighted by molar-refractivity contribution is 6.37. The molecule has 0 aliphatic carbocycles. The van der Waals surface area contributed by atoms with Crippen molar-refractivity contribution in [2.24, 2.45) is 0 Å². The lowest BCUT2D eigenvalue weighted by Gasteiger charge is -2.34. The number of benzene rings is 3. The van der Waals surface area contributed by atoms with E-state index in [0.717, 1.165) is 6.07 Å².